The minimum atomic E-state index is 0.258. The van der Waals surface area contributed by atoms with Crippen LogP contribution < -0.4 is 5.73 Å². The van der Waals surface area contributed by atoms with Crippen molar-refractivity contribution >= 4 is 0 Å². The molecule has 2 heteroatoms. The second kappa shape index (κ2) is 6.78. The van der Waals surface area contributed by atoms with Crippen molar-refractivity contribution in [3.8, 4) is 0 Å². The second-order valence-corrected chi connectivity index (χ2v) is 2.23. The molecule has 0 aliphatic carbocycles. The van der Waals surface area contributed by atoms with Gasteiger partial charge in [0.25, 0.3) is 0 Å². The summed E-state index contributed by atoms with van der Waals surface area (Å²) in [6.07, 6.45) is 6.37. The van der Waals surface area contributed by atoms with Gasteiger partial charge in [0.15, 0.2) is 0 Å². The van der Waals surface area contributed by atoms with Crippen molar-refractivity contribution in [2.75, 3.05) is 13.7 Å². The Bertz CT molecular complexity index is 91.3. The molecule has 10 heavy (non-hydrogen) atoms. The van der Waals surface area contributed by atoms with E-state index in [-0.39, 0.29) is 6.10 Å². The minimum Gasteiger partial charge on any atom is -0.377 e. The van der Waals surface area contributed by atoms with E-state index in [1.165, 1.54) is 0 Å². The lowest BCUT2D eigenvalue weighted by Gasteiger charge is -2.08. The van der Waals surface area contributed by atoms with Crippen LogP contribution in [0.3, 0.4) is 0 Å². The number of methoxy groups -OCH3 is 1. The number of hydrogen-bond acceptors (Lipinski definition) is 2. The molecule has 0 aliphatic rings. The molecule has 0 fully saturated rings. The van der Waals surface area contributed by atoms with E-state index in [0.29, 0.717) is 0 Å². The normalized spacial score (nSPS) is 14.3. The van der Waals surface area contributed by atoms with Crippen LogP contribution in [0.4, 0.5) is 0 Å². The predicted molar refractivity (Wildman–Crippen MR) is 43.9 cm³/mol. The van der Waals surface area contributed by atoms with Crippen molar-refractivity contribution in [1.29, 1.82) is 0 Å². The molecule has 0 amide bonds. The van der Waals surface area contributed by atoms with E-state index in [1.54, 1.807) is 7.11 Å². The first-order valence-electron chi connectivity index (χ1n) is 3.70. The summed E-state index contributed by atoms with van der Waals surface area (Å²) in [7, 11) is 1.72. The summed E-state index contributed by atoms with van der Waals surface area (Å²) in [5, 5.41) is 0. The zero-order valence-electron chi connectivity index (χ0n) is 6.84. The first-order chi connectivity index (χ1) is 4.85. The molecule has 0 radical (unpaired) electrons. The maximum Gasteiger partial charge on any atom is 0.0752 e. The van der Waals surface area contributed by atoms with E-state index >= 15 is 0 Å². The van der Waals surface area contributed by atoms with Crippen molar-refractivity contribution in [2.45, 2.75) is 25.9 Å². The summed E-state index contributed by atoms with van der Waals surface area (Å²) in [4.78, 5) is 0. The molecule has 0 spiro atoms. The van der Waals surface area contributed by atoms with Crippen LogP contribution in [0.5, 0.6) is 0 Å². The number of allylic oxidation sites excluding steroid dienone is 1. The van der Waals surface area contributed by atoms with Crippen LogP contribution in [0.15, 0.2) is 12.2 Å². The third-order valence-corrected chi connectivity index (χ3v) is 1.40. The summed E-state index contributed by atoms with van der Waals surface area (Å²) in [6, 6.07) is 0. The van der Waals surface area contributed by atoms with Gasteiger partial charge in [-0.2, -0.15) is 0 Å². The summed E-state index contributed by atoms with van der Waals surface area (Å²) in [5.41, 5.74) is 5.35. The van der Waals surface area contributed by atoms with Gasteiger partial charge in [-0.05, 0) is 26.3 Å². The van der Waals surface area contributed by atoms with Gasteiger partial charge in [-0.15, -0.1) is 0 Å². The van der Waals surface area contributed by atoms with Crippen LogP contribution in [0.2, 0.25) is 0 Å². The fourth-order valence-electron chi connectivity index (χ4n) is 0.826. The number of nitrogens with two attached hydrogens (primary N) is 1. The molecule has 0 aliphatic heterocycles. The lowest BCUT2D eigenvalue weighted by atomic mass is 10.2. The SMILES string of the molecule is C/C=C\C(CCCN)OC. The molecular formula is C8H17NO. The van der Waals surface area contributed by atoms with Gasteiger partial charge in [0.05, 0.1) is 6.10 Å². The summed E-state index contributed by atoms with van der Waals surface area (Å²) < 4.78 is 5.15. The van der Waals surface area contributed by atoms with E-state index < -0.39 is 0 Å². The van der Waals surface area contributed by atoms with Crippen molar-refractivity contribution in [3.05, 3.63) is 12.2 Å². The molecule has 0 aromatic heterocycles. The molecule has 0 bridgehead atoms. The molecule has 1 unspecified atom stereocenters. The predicted octanol–water partition coefficient (Wildman–Crippen LogP) is 1.32. The summed E-state index contributed by atoms with van der Waals surface area (Å²) >= 11 is 0. The number of hydrogen-bond donors (Lipinski definition) is 1. The van der Waals surface area contributed by atoms with E-state index in [4.69, 9.17) is 10.5 Å². The van der Waals surface area contributed by atoms with E-state index in [2.05, 4.69) is 6.08 Å². The molecule has 1 atom stereocenters. The zero-order chi connectivity index (χ0) is 7.82. The van der Waals surface area contributed by atoms with Crippen LogP contribution in [-0.2, 0) is 4.74 Å². The largest absolute Gasteiger partial charge is 0.377 e. The number of ether oxygens (including phenoxy) is 1. The van der Waals surface area contributed by atoms with Crippen molar-refractivity contribution in [1.82, 2.24) is 0 Å². The minimum absolute atomic E-state index is 0.258. The van der Waals surface area contributed by atoms with Gasteiger partial charge >= 0.3 is 0 Å². The van der Waals surface area contributed by atoms with Gasteiger partial charge in [-0.1, -0.05) is 12.2 Å². The molecule has 60 valence electrons. The lowest BCUT2D eigenvalue weighted by molar-refractivity contribution is 0.132. The first-order valence-corrected chi connectivity index (χ1v) is 3.70. The fraction of sp³-hybridized carbons (Fsp3) is 0.750. The molecule has 0 aromatic carbocycles. The topological polar surface area (TPSA) is 35.2 Å². The Labute approximate surface area is 63.1 Å². The Balaban J connectivity index is 3.39. The van der Waals surface area contributed by atoms with Crippen LogP contribution in [0.25, 0.3) is 0 Å². The Hall–Kier alpha value is -0.340. The van der Waals surface area contributed by atoms with Gasteiger partial charge in [-0.3, -0.25) is 0 Å². The summed E-state index contributed by atoms with van der Waals surface area (Å²) in [5.74, 6) is 0. The van der Waals surface area contributed by atoms with E-state index in [9.17, 15) is 0 Å². The average Bonchev–Trinajstić information content (AvgIpc) is 1.98. The molecule has 0 saturated heterocycles. The summed E-state index contributed by atoms with van der Waals surface area (Å²) in [6.45, 7) is 2.74. The molecule has 0 rings (SSSR count). The van der Waals surface area contributed by atoms with Gasteiger partial charge in [0.1, 0.15) is 0 Å². The highest BCUT2D eigenvalue weighted by molar-refractivity contribution is 4.86. The van der Waals surface area contributed by atoms with Gasteiger partial charge < -0.3 is 10.5 Å². The van der Waals surface area contributed by atoms with Gasteiger partial charge in [-0.25, -0.2) is 0 Å². The molecule has 0 heterocycles. The highest BCUT2D eigenvalue weighted by Crippen LogP contribution is 2.01. The Morgan fingerprint density at radius 1 is 1.60 bits per heavy atom. The molecule has 2 N–H and O–H groups in total. The number of rotatable bonds is 5. The average molecular weight is 143 g/mol. The van der Waals surface area contributed by atoms with Gasteiger partial charge in [0.2, 0.25) is 0 Å². The van der Waals surface area contributed by atoms with Crippen LogP contribution in [0, 0.1) is 0 Å². The van der Waals surface area contributed by atoms with Crippen LogP contribution >= 0.6 is 0 Å². The third-order valence-electron chi connectivity index (χ3n) is 1.40. The van der Waals surface area contributed by atoms with E-state index in [1.807, 2.05) is 13.0 Å². The van der Waals surface area contributed by atoms with Crippen LogP contribution in [0.1, 0.15) is 19.8 Å². The molecule has 0 aromatic rings. The monoisotopic (exact) mass is 143 g/mol. The Morgan fingerprint density at radius 3 is 2.70 bits per heavy atom. The van der Waals surface area contributed by atoms with E-state index in [0.717, 1.165) is 19.4 Å². The Morgan fingerprint density at radius 2 is 2.30 bits per heavy atom. The smallest absolute Gasteiger partial charge is 0.0752 e. The Kier molecular flexibility index (Phi) is 6.55. The third kappa shape index (κ3) is 4.53. The fourth-order valence-corrected chi connectivity index (χ4v) is 0.826. The van der Waals surface area contributed by atoms with Crippen molar-refractivity contribution in [3.63, 3.8) is 0 Å². The van der Waals surface area contributed by atoms with Crippen LogP contribution in [-0.4, -0.2) is 19.8 Å². The quantitative estimate of drug-likeness (QED) is 0.589. The first kappa shape index (κ1) is 9.66. The lowest BCUT2D eigenvalue weighted by Crippen LogP contribution is -2.09. The standard InChI is InChI=1S/C8H17NO/c1-3-5-8(10-2)6-4-7-9/h3,5,8H,4,6-7,9H2,1-2H3/b5-3-. The second-order valence-electron chi connectivity index (χ2n) is 2.23. The molecule has 0 saturated carbocycles. The zero-order valence-corrected chi connectivity index (χ0v) is 6.84. The van der Waals surface area contributed by atoms with Gasteiger partial charge in [0, 0.05) is 7.11 Å². The molecular weight excluding hydrogens is 126 g/mol. The van der Waals surface area contributed by atoms with Crippen molar-refractivity contribution < 1.29 is 4.74 Å². The highest BCUT2D eigenvalue weighted by Gasteiger charge is 1.99. The highest BCUT2D eigenvalue weighted by atomic mass is 16.5. The maximum absolute atomic E-state index is 5.35. The van der Waals surface area contributed by atoms with Crippen molar-refractivity contribution in [2.24, 2.45) is 5.73 Å². The maximum atomic E-state index is 5.35. The molecule has 2 nitrogen and oxygen atoms in total.